The van der Waals surface area contributed by atoms with Crippen molar-refractivity contribution in [2.75, 3.05) is 22.1 Å². The van der Waals surface area contributed by atoms with E-state index in [1.807, 2.05) is 13.8 Å². The summed E-state index contributed by atoms with van der Waals surface area (Å²) in [6, 6.07) is 18.3. The molecule has 3 aromatic rings. The summed E-state index contributed by atoms with van der Waals surface area (Å²) in [6.45, 7) is 5.95. The Hall–Kier alpha value is -4.43. The van der Waals surface area contributed by atoms with Crippen LogP contribution in [0.1, 0.15) is 45.2 Å². The van der Waals surface area contributed by atoms with Crippen molar-refractivity contribution in [2.45, 2.75) is 27.2 Å². The molecule has 0 fully saturated rings. The lowest BCUT2D eigenvalue weighted by atomic mass is 10.1. The average molecular weight is 532 g/mol. The molecule has 0 saturated carbocycles. The molecule has 4 rings (SSSR count). The SMILES string of the molecule is CCCOC(=O)c1ccc(NC(=O)c2ccc(C)c(NC3=C(Cl)C(=O)N(c4ccc(C)cc4)C3=O)c2)cc1. The number of carbonyl (C=O) groups excluding carboxylic acids is 4. The normalized spacial score (nSPS) is 13.1. The number of hydrogen-bond donors (Lipinski definition) is 2. The lowest BCUT2D eigenvalue weighted by molar-refractivity contribution is -0.120. The zero-order valence-electron chi connectivity index (χ0n) is 21.1. The van der Waals surface area contributed by atoms with Gasteiger partial charge in [-0.05, 0) is 74.4 Å². The van der Waals surface area contributed by atoms with Crippen LogP contribution in [0.4, 0.5) is 17.1 Å². The van der Waals surface area contributed by atoms with Crippen LogP contribution in [0.25, 0.3) is 0 Å². The Morgan fingerprint density at radius 2 is 1.55 bits per heavy atom. The van der Waals surface area contributed by atoms with E-state index in [1.165, 1.54) is 0 Å². The number of carbonyl (C=O) groups is 4. The number of anilines is 3. The highest BCUT2D eigenvalue weighted by molar-refractivity contribution is 6.53. The predicted molar refractivity (Wildman–Crippen MR) is 146 cm³/mol. The predicted octanol–water partition coefficient (Wildman–Crippen LogP) is 5.56. The number of amides is 3. The average Bonchev–Trinajstić information content (AvgIpc) is 3.12. The van der Waals surface area contributed by atoms with Crippen LogP contribution in [0.15, 0.2) is 77.5 Å². The van der Waals surface area contributed by atoms with Crippen LogP contribution in [-0.2, 0) is 14.3 Å². The second kappa shape index (κ2) is 11.3. The molecule has 0 spiro atoms. The molecule has 1 aliphatic heterocycles. The topological polar surface area (TPSA) is 105 Å². The van der Waals surface area contributed by atoms with Gasteiger partial charge in [0.05, 0.1) is 17.9 Å². The van der Waals surface area contributed by atoms with Gasteiger partial charge in [-0.25, -0.2) is 9.69 Å². The van der Waals surface area contributed by atoms with Crippen LogP contribution in [-0.4, -0.2) is 30.3 Å². The van der Waals surface area contributed by atoms with Gasteiger partial charge in [0.1, 0.15) is 10.7 Å². The first kappa shape index (κ1) is 26.6. The zero-order chi connectivity index (χ0) is 27.4. The van der Waals surface area contributed by atoms with Gasteiger partial charge in [-0.2, -0.15) is 0 Å². The standard InChI is InChI=1S/C29H26ClN3O5/c1-4-15-38-29(37)19-9-11-21(12-10-19)31-26(34)20-8-7-18(3)23(16-20)32-25-24(30)27(35)33(28(25)36)22-13-5-17(2)6-14-22/h5-14,16,32H,4,15H2,1-3H3,(H,31,34). The summed E-state index contributed by atoms with van der Waals surface area (Å²) >= 11 is 6.27. The number of nitrogens with zero attached hydrogens (tertiary/aromatic N) is 1. The summed E-state index contributed by atoms with van der Waals surface area (Å²) in [5.74, 6) is -2.04. The Morgan fingerprint density at radius 3 is 2.21 bits per heavy atom. The Kier molecular flexibility index (Phi) is 7.93. The summed E-state index contributed by atoms with van der Waals surface area (Å²) in [4.78, 5) is 51.8. The van der Waals surface area contributed by atoms with Crippen molar-refractivity contribution >= 4 is 52.4 Å². The molecule has 0 aliphatic carbocycles. The number of esters is 1. The van der Waals surface area contributed by atoms with E-state index in [9.17, 15) is 19.2 Å². The molecule has 1 heterocycles. The van der Waals surface area contributed by atoms with Gasteiger partial charge in [-0.1, -0.05) is 42.3 Å². The minimum absolute atomic E-state index is 0.0663. The Labute approximate surface area is 225 Å². The maximum atomic E-state index is 13.1. The van der Waals surface area contributed by atoms with Gasteiger partial charge in [0.2, 0.25) is 0 Å². The number of benzene rings is 3. The van der Waals surface area contributed by atoms with Gasteiger partial charge < -0.3 is 15.4 Å². The molecule has 0 saturated heterocycles. The lowest BCUT2D eigenvalue weighted by Gasteiger charge is -2.16. The van der Waals surface area contributed by atoms with Crippen LogP contribution in [0.2, 0.25) is 0 Å². The number of ether oxygens (including phenoxy) is 1. The fourth-order valence-corrected chi connectivity index (χ4v) is 3.96. The Morgan fingerprint density at radius 1 is 0.895 bits per heavy atom. The molecule has 3 aromatic carbocycles. The van der Waals surface area contributed by atoms with E-state index in [1.54, 1.807) is 73.7 Å². The minimum atomic E-state index is -0.628. The van der Waals surface area contributed by atoms with Gasteiger partial charge in [0.25, 0.3) is 17.7 Å². The van der Waals surface area contributed by atoms with Crippen molar-refractivity contribution in [3.8, 4) is 0 Å². The maximum absolute atomic E-state index is 13.1. The quantitative estimate of drug-likeness (QED) is 0.291. The van der Waals surface area contributed by atoms with Crippen molar-refractivity contribution < 1.29 is 23.9 Å². The van der Waals surface area contributed by atoms with E-state index in [0.29, 0.717) is 34.8 Å². The van der Waals surface area contributed by atoms with Gasteiger partial charge in [0, 0.05) is 16.9 Å². The second-order valence-electron chi connectivity index (χ2n) is 8.79. The summed E-state index contributed by atoms with van der Waals surface area (Å²) < 4.78 is 5.11. The largest absolute Gasteiger partial charge is 0.462 e. The first-order valence-electron chi connectivity index (χ1n) is 12.0. The van der Waals surface area contributed by atoms with Gasteiger partial charge in [-0.3, -0.25) is 14.4 Å². The second-order valence-corrected chi connectivity index (χ2v) is 9.17. The van der Waals surface area contributed by atoms with E-state index in [0.717, 1.165) is 22.4 Å². The molecule has 2 N–H and O–H groups in total. The molecule has 0 bridgehead atoms. The fourth-order valence-electron chi connectivity index (χ4n) is 3.74. The molecule has 3 amide bonds. The first-order chi connectivity index (χ1) is 18.2. The first-order valence-corrected chi connectivity index (χ1v) is 12.4. The highest BCUT2D eigenvalue weighted by Crippen LogP contribution is 2.31. The molecule has 1 aliphatic rings. The summed E-state index contributed by atoms with van der Waals surface area (Å²) in [6.07, 6.45) is 0.728. The van der Waals surface area contributed by atoms with Crippen LogP contribution >= 0.6 is 11.6 Å². The van der Waals surface area contributed by atoms with Gasteiger partial charge in [-0.15, -0.1) is 0 Å². The highest BCUT2D eigenvalue weighted by atomic mass is 35.5. The molecule has 38 heavy (non-hydrogen) atoms. The highest BCUT2D eigenvalue weighted by Gasteiger charge is 2.39. The van der Waals surface area contributed by atoms with Crippen molar-refractivity contribution in [1.29, 1.82) is 0 Å². The Bertz CT molecular complexity index is 1450. The van der Waals surface area contributed by atoms with Crippen LogP contribution in [0.3, 0.4) is 0 Å². The Balaban J connectivity index is 1.49. The van der Waals surface area contributed by atoms with Crippen LogP contribution in [0.5, 0.6) is 0 Å². The minimum Gasteiger partial charge on any atom is -0.462 e. The molecular formula is C29H26ClN3O5. The number of halogens is 1. The van der Waals surface area contributed by atoms with Crippen molar-refractivity contribution in [2.24, 2.45) is 0 Å². The molecule has 9 heteroatoms. The van der Waals surface area contributed by atoms with E-state index in [2.05, 4.69) is 10.6 Å². The summed E-state index contributed by atoms with van der Waals surface area (Å²) in [7, 11) is 0. The molecular weight excluding hydrogens is 506 g/mol. The number of rotatable bonds is 8. The van der Waals surface area contributed by atoms with Crippen molar-refractivity contribution in [3.05, 3.63) is 99.7 Å². The fraction of sp³-hybridized carbons (Fsp3) is 0.172. The summed E-state index contributed by atoms with van der Waals surface area (Å²) in [5.41, 5.74) is 3.72. The molecule has 0 radical (unpaired) electrons. The third kappa shape index (κ3) is 5.60. The zero-order valence-corrected chi connectivity index (χ0v) is 21.9. The third-order valence-electron chi connectivity index (χ3n) is 5.89. The van der Waals surface area contributed by atoms with Crippen molar-refractivity contribution in [3.63, 3.8) is 0 Å². The molecule has 194 valence electrons. The van der Waals surface area contributed by atoms with E-state index < -0.39 is 23.7 Å². The van der Waals surface area contributed by atoms with E-state index >= 15 is 0 Å². The lowest BCUT2D eigenvalue weighted by Crippen LogP contribution is -2.32. The number of nitrogens with one attached hydrogen (secondary N) is 2. The number of aryl methyl sites for hydroxylation is 2. The smallest absolute Gasteiger partial charge is 0.338 e. The summed E-state index contributed by atoms with van der Waals surface area (Å²) in [5, 5.41) is 5.50. The van der Waals surface area contributed by atoms with Crippen LogP contribution in [0, 0.1) is 13.8 Å². The number of hydrogen-bond acceptors (Lipinski definition) is 6. The third-order valence-corrected chi connectivity index (χ3v) is 6.25. The van der Waals surface area contributed by atoms with E-state index in [4.69, 9.17) is 16.3 Å². The maximum Gasteiger partial charge on any atom is 0.338 e. The monoisotopic (exact) mass is 531 g/mol. The number of imide groups is 1. The van der Waals surface area contributed by atoms with Gasteiger partial charge >= 0.3 is 5.97 Å². The molecule has 0 unspecified atom stereocenters. The molecule has 8 nitrogen and oxygen atoms in total. The van der Waals surface area contributed by atoms with Crippen LogP contribution < -0.4 is 15.5 Å². The van der Waals surface area contributed by atoms with Gasteiger partial charge in [0.15, 0.2) is 0 Å². The molecule has 0 atom stereocenters. The van der Waals surface area contributed by atoms with Crippen molar-refractivity contribution in [1.82, 2.24) is 0 Å². The molecule has 0 aromatic heterocycles. The van der Waals surface area contributed by atoms with E-state index in [-0.39, 0.29) is 10.7 Å².